The van der Waals surface area contributed by atoms with E-state index >= 15 is 0 Å². The second-order valence-corrected chi connectivity index (χ2v) is 5.18. The zero-order chi connectivity index (χ0) is 12.7. The van der Waals surface area contributed by atoms with Crippen molar-refractivity contribution in [1.82, 2.24) is 14.8 Å². The predicted molar refractivity (Wildman–Crippen MR) is 71.7 cm³/mol. The van der Waals surface area contributed by atoms with Crippen LogP contribution >= 0.6 is 11.6 Å². The molecule has 5 heteroatoms. The van der Waals surface area contributed by atoms with E-state index in [4.69, 9.17) is 17.3 Å². The van der Waals surface area contributed by atoms with Gasteiger partial charge in [0.15, 0.2) is 0 Å². The standard InChI is InChI=1S/C13H15ClN4/c1-8-4-5-9(14)7-11(8)10-3-2-6-18-12(10)16-13(15)17-18/h4-5,7,10H,2-3,6H2,1H3,(H2,15,17). The molecule has 94 valence electrons. The fraction of sp³-hybridized carbons (Fsp3) is 0.385. The summed E-state index contributed by atoms with van der Waals surface area (Å²) >= 11 is 6.10. The summed E-state index contributed by atoms with van der Waals surface area (Å²) in [6, 6.07) is 6.00. The van der Waals surface area contributed by atoms with Gasteiger partial charge in [-0.2, -0.15) is 4.98 Å². The lowest BCUT2D eigenvalue weighted by molar-refractivity contribution is 0.445. The minimum absolute atomic E-state index is 0.252. The number of rotatable bonds is 1. The van der Waals surface area contributed by atoms with E-state index in [2.05, 4.69) is 23.1 Å². The number of aromatic nitrogens is 3. The molecule has 0 bridgehead atoms. The predicted octanol–water partition coefficient (Wildman–Crippen LogP) is 2.75. The van der Waals surface area contributed by atoms with E-state index in [1.54, 1.807) is 0 Å². The molecule has 2 N–H and O–H groups in total. The molecule has 2 aromatic rings. The Morgan fingerprint density at radius 1 is 1.44 bits per heavy atom. The first-order chi connectivity index (χ1) is 8.65. The average Bonchev–Trinajstić information content (AvgIpc) is 2.72. The quantitative estimate of drug-likeness (QED) is 0.860. The number of hydrogen-bond donors (Lipinski definition) is 1. The maximum Gasteiger partial charge on any atom is 0.239 e. The summed E-state index contributed by atoms with van der Waals surface area (Å²) < 4.78 is 1.92. The Kier molecular flexibility index (Phi) is 2.74. The molecular formula is C13H15ClN4. The number of nitrogen functional groups attached to an aromatic ring is 1. The van der Waals surface area contributed by atoms with Crippen LogP contribution in [0.1, 0.15) is 35.7 Å². The Morgan fingerprint density at radius 2 is 2.28 bits per heavy atom. The lowest BCUT2D eigenvalue weighted by Gasteiger charge is -2.23. The molecule has 1 aromatic heterocycles. The molecule has 0 spiro atoms. The highest BCUT2D eigenvalue weighted by molar-refractivity contribution is 6.30. The Hall–Kier alpha value is -1.55. The van der Waals surface area contributed by atoms with E-state index in [0.717, 1.165) is 30.2 Å². The van der Waals surface area contributed by atoms with Gasteiger partial charge in [-0.25, -0.2) is 4.68 Å². The molecule has 3 rings (SSSR count). The number of fused-ring (bicyclic) bond motifs is 1. The van der Waals surface area contributed by atoms with E-state index in [1.165, 1.54) is 11.1 Å². The molecule has 0 amide bonds. The van der Waals surface area contributed by atoms with Crippen LogP contribution in [0.25, 0.3) is 0 Å². The zero-order valence-corrected chi connectivity index (χ0v) is 11.0. The smallest absolute Gasteiger partial charge is 0.239 e. The number of halogens is 1. The molecule has 0 saturated heterocycles. The van der Waals surface area contributed by atoms with Crippen molar-refractivity contribution in [1.29, 1.82) is 0 Å². The number of hydrogen-bond acceptors (Lipinski definition) is 3. The largest absolute Gasteiger partial charge is 0.366 e. The maximum absolute atomic E-state index is 6.10. The molecule has 18 heavy (non-hydrogen) atoms. The molecule has 1 aromatic carbocycles. The van der Waals surface area contributed by atoms with Crippen molar-refractivity contribution >= 4 is 17.5 Å². The second kappa shape index (κ2) is 4.28. The van der Waals surface area contributed by atoms with Gasteiger partial charge in [-0.3, -0.25) is 0 Å². The van der Waals surface area contributed by atoms with Gasteiger partial charge in [-0.05, 0) is 43.0 Å². The zero-order valence-electron chi connectivity index (χ0n) is 10.2. The first-order valence-electron chi connectivity index (χ1n) is 6.11. The van der Waals surface area contributed by atoms with Gasteiger partial charge >= 0.3 is 0 Å². The summed E-state index contributed by atoms with van der Waals surface area (Å²) in [6.45, 7) is 3.00. The lowest BCUT2D eigenvalue weighted by Crippen LogP contribution is -2.18. The van der Waals surface area contributed by atoms with Crippen molar-refractivity contribution in [2.45, 2.75) is 32.2 Å². The van der Waals surface area contributed by atoms with Crippen molar-refractivity contribution < 1.29 is 0 Å². The summed E-state index contributed by atoms with van der Waals surface area (Å²) in [6.07, 6.45) is 2.16. The molecule has 0 fully saturated rings. The Labute approximate surface area is 111 Å². The summed E-state index contributed by atoms with van der Waals surface area (Å²) in [5.74, 6) is 1.57. The van der Waals surface area contributed by atoms with E-state index < -0.39 is 0 Å². The van der Waals surface area contributed by atoms with Crippen LogP contribution < -0.4 is 5.73 Å². The molecule has 0 saturated carbocycles. The molecule has 0 radical (unpaired) electrons. The minimum Gasteiger partial charge on any atom is -0.366 e. The third kappa shape index (κ3) is 1.86. The molecule has 4 nitrogen and oxygen atoms in total. The first-order valence-corrected chi connectivity index (χ1v) is 6.49. The highest BCUT2D eigenvalue weighted by Gasteiger charge is 2.26. The van der Waals surface area contributed by atoms with Gasteiger partial charge in [0.1, 0.15) is 5.82 Å². The topological polar surface area (TPSA) is 56.7 Å². The van der Waals surface area contributed by atoms with Crippen LogP contribution in [0.4, 0.5) is 5.95 Å². The van der Waals surface area contributed by atoms with Gasteiger partial charge in [0.05, 0.1) is 0 Å². The van der Waals surface area contributed by atoms with E-state index in [-0.39, 0.29) is 5.92 Å². The Balaban J connectivity index is 2.10. The van der Waals surface area contributed by atoms with Crippen LogP contribution in [-0.4, -0.2) is 14.8 Å². The molecule has 1 aliphatic heterocycles. The molecular weight excluding hydrogens is 248 g/mol. The fourth-order valence-corrected chi connectivity index (χ4v) is 2.83. The molecule has 1 aliphatic rings. The van der Waals surface area contributed by atoms with E-state index in [0.29, 0.717) is 5.95 Å². The average molecular weight is 263 g/mol. The summed E-state index contributed by atoms with van der Waals surface area (Å²) in [5, 5.41) is 4.99. The van der Waals surface area contributed by atoms with Crippen LogP contribution in [-0.2, 0) is 6.54 Å². The van der Waals surface area contributed by atoms with Gasteiger partial charge in [-0.1, -0.05) is 17.7 Å². The highest BCUT2D eigenvalue weighted by Crippen LogP contribution is 2.35. The van der Waals surface area contributed by atoms with Crippen molar-refractivity contribution in [3.05, 3.63) is 40.2 Å². The van der Waals surface area contributed by atoms with Gasteiger partial charge in [0, 0.05) is 17.5 Å². The minimum atomic E-state index is 0.252. The lowest BCUT2D eigenvalue weighted by atomic mass is 9.88. The normalized spacial score (nSPS) is 18.7. The van der Waals surface area contributed by atoms with Crippen molar-refractivity contribution in [2.24, 2.45) is 0 Å². The summed E-state index contributed by atoms with van der Waals surface area (Å²) in [5.41, 5.74) is 8.17. The van der Waals surface area contributed by atoms with Gasteiger partial charge < -0.3 is 5.73 Å². The third-order valence-corrected chi connectivity index (χ3v) is 3.74. The third-order valence-electron chi connectivity index (χ3n) is 3.51. The van der Waals surface area contributed by atoms with Gasteiger partial charge in [0.2, 0.25) is 5.95 Å². The summed E-state index contributed by atoms with van der Waals surface area (Å²) in [7, 11) is 0. The fourth-order valence-electron chi connectivity index (χ4n) is 2.65. The number of anilines is 1. The monoisotopic (exact) mass is 262 g/mol. The van der Waals surface area contributed by atoms with Crippen LogP contribution in [0.2, 0.25) is 5.02 Å². The number of aryl methyl sites for hydroxylation is 2. The Morgan fingerprint density at radius 3 is 3.11 bits per heavy atom. The SMILES string of the molecule is Cc1ccc(Cl)cc1C1CCCn2nc(N)nc21. The first kappa shape index (κ1) is 11.5. The van der Waals surface area contributed by atoms with Gasteiger partial charge in [0.25, 0.3) is 0 Å². The summed E-state index contributed by atoms with van der Waals surface area (Å²) in [4.78, 5) is 4.37. The number of nitrogens with two attached hydrogens (primary N) is 1. The molecule has 0 aliphatic carbocycles. The van der Waals surface area contributed by atoms with E-state index in [1.807, 2.05) is 16.8 Å². The Bertz CT molecular complexity index is 591. The highest BCUT2D eigenvalue weighted by atomic mass is 35.5. The van der Waals surface area contributed by atoms with Crippen LogP contribution in [0, 0.1) is 6.92 Å². The number of benzene rings is 1. The van der Waals surface area contributed by atoms with Gasteiger partial charge in [-0.15, -0.1) is 5.10 Å². The van der Waals surface area contributed by atoms with Crippen molar-refractivity contribution in [3.8, 4) is 0 Å². The van der Waals surface area contributed by atoms with Crippen molar-refractivity contribution in [2.75, 3.05) is 5.73 Å². The van der Waals surface area contributed by atoms with Crippen molar-refractivity contribution in [3.63, 3.8) is 0 Å². The maximum atomic E-state index is 6.10. The van der Waals surface area contributed by atoms with Crippen LogP contribution in [0.3, 0.4) is 0 Å². The molecule has 1 unspecified atom stereocenters. The van der Waals surface area contributed by atoms with Crippen LogP contribution in [0.5, 0.6) is 0 Å². The molecule has 2 heterocycles. The van der Waals surface area contributed by atoms with E-state index in [9.17, 15) is 0 Å². The van der Waals surface area contributed by atoms with Crippen LogP contribution in [0.15, 0.2) is 18.2 Å². The molecule has 1 atom stereocenters. The second-order valence-electron chi connectivity index (χ2n) is 4.75. The number of nitrogens with zero attached hydrogens (tertiary/aromatic N) is 3.